The summed E-state index contributed by atoms with van der Waals surface area (Å²) < 4.78 is 1.80. The first-order chi connectivity index (χ1) is 6.83. The SMILES string of the molecule is NCCCc1ccc(=O)n2c1NCC2. The number of nitrogens with one attached hydrogen (secondary N) is 1. The van der Waals surface area contributed by atoms with Crippen LogP contribution < -0.4 is 16.6 Å². The van der Waals surface area contributed by atoms with Gasteiger partial charge in [-0.15, -0.1) is 0 Å². The highest BCUT2D eigenvalue weighted by Gasteiger charge is 2.13. The highest BCUT2D eigenvalue weighted by atomic mass is 16.1. The molecule has 1 aromatic rings. The number of hydrogen-bond acceptors (Lipinski definition) is 3. The molecule has 14 heavy (non-hydrogen) atoms. The van der Waals surface area contributed by atoms with Gasteiger partial charge >= 0.3 is 0 Å². The fourth-order valence-electron chi connectivity index (χ4n) is 1.84. The molecule has 2 rings (SSSR count). The van der Waals surface area contributed by atoms with Crippen LogP contribution in [0, 0.1) is 0 Å². The summed E-state index contributed by atoms with van der Waals surface area (Å²) in [4.78, 5) is 11.4. The molecule has 76 valence electrons. The summed E-state index contributed by atoms with van der Waals surface area (Å²) in [6, 6.07) is 3.55. The molecule has 0 amide bonds. The standard InChI is InChI=1S/C10H15N3O/c11-5-1-2-8-3-4-9(14)13-7-6-12-10(8)13/h3-4,12H,1-2,5-7,11H2. The fourth-order valence-corrected chi connectivity index (χ4v) is 1.84. The van der Waals surface area contributed by atoms with E-state index in [-0.39, 0.29) is 5.56 Å². The Labute approximate surface area is 82.7 Å². The largest absolute Gasteiger partial charge is 0.369 e. The zero-order chi connectivity index (χ0) is 9.97. The second-order valence-corrected chi connectivity index (χ2v) is 3.52. The van der Waals surface area contributed by atoms with Gasteiger partial charge in [-0.25, -0.2) is 0 Å². The van der Waals surface area contributed by atoms with Gasteiger partial charge in [0.1, 0.15) is 5.82 Å². The minimum absolute atomic E-state index is 0.0847. The van der Waals surface area contributed by atoms with E-state index >= 15 is 0 Å². The minimum Gasteiger partial charge on any atom is -0.369 e. The molecule has 0 bridgehead atoms. The number of rotatable bonds is 3. The van der Waals surface area contributed by atoms with Gasteiger partial charge < -0.3 is 11.1 Å². The number of pyridine rings is 1. The van der Waals surface area contributed by atoms with Gasteiger partial charge in [0, 0.05) is 19.2 Å². The van der Waals surface area contributed by atoms with Crippen molar-refractivity contribution in [2.24, 2.45) is 5.73 Å². The van der Waals surface area contributed by atoms with Crippen LogP contribution in [0.2, 0.25) is 0 Å². The van der Waals surface area contributed by atoms with Gasteiger partial charge in [0.2, 0.25) is 0 Å². The van der Waals surface area contributed by atoms with Crippen LogP contribution in [0.15, 0.2) is 16.9 Å². The van der Waals surface area contributed by atoms with Crippen molar-refractivity contribution in [2.75, 3.05) is 18.4 Å². The Hall–Kier alpha value is -1.29. The van der Waals surface area contributed by atoms with E-state index in [0.29, 0.717) is 6.54 Å². The lowest BCUT2D eigenvalue weighted by Gasteiger charge is -2.08. The zero-order valence-corrected chi connectivity index (χ0v) is 8.12. The molecular formula is C10H15N3O. The summed E-state index contributed by atoms with van der Waals surface area (Å²) in [6.07, 6.45) is 1.91. The second kappa shape index (κ2) is 3.84. The Bertz CT molecular complexity index is 383. The van der Waals surface area contributed by atoms with Crippen molar-refractivity contribution in [3.05, 3.63) is 28.0 Å². The van der Waals surface area contributed by atoms with Crippen LogP contribution in [-0.4, -0.2) is 17.7 Å². The molecule has 0 saturated heterocycles. The monoisotopic (exact) mass is 193 g/mol. The maximum Gasteiger partial charge on any atom is 0.252 e. The van der Waals surface area contributed by atoms with Gasteiger partial charge in [-0.05, 0) is 31.0 Å². The first-order valence-corrected chi connectivity index (χ1v) is 4.99. The number of nitrogens with zero attached hydrogens (tertiary/aromatic N) is 1. The van der Waals surface area contributed by atoms with Crippen LogP contribution >= 0.6 is 0 Å². The van der Waals surface area contributed by atoms with Gasteiger partial charge in [-0.2, -0.15) is 0 Å². The molecule has 0 radical (unpaired) electrons. The molecule has 0 unspecified atom stereocenters. The van der Waals surface area contributed by atoms with E-state index in [1.807, 2.05) is 6.07 Å². The molecular weight excluding hydrogens is 178 g/mol. The van der Waals surface area contributed by atoms with Crippen LogP contribution in [0.5, 0.6) is 0 Å². The molecule has 0 atom stereocenters. The van der Waals surface area contributed by atoms with Crippen molar-refractivity contribution in [2.45, 2.75) is 19.4 Å². The number of anilines is 1. The van der Waals surface area contributed by atoms with E-state index in [9.17, 15) is 4.79 Å². The molecule has 4 heteroatoms. The topological polar surface area (TPSA) is 60.1 Å². The molecule has 3 N–H and O–H groups in total. The van der Waals surface area contributed by atoms with E-state index in [1.165, 1.54) is 5.56 Å². The number of aryl methyl sites for hydroxylation is 1. The van der Waals surface area contributed by atoms with Gasteiger partial charge in [-0.1, -0.05) is 0 Å². The van der Waals surface area contributed by atoms with Gasteiger partial charge in [-0.3, -0.25) is 9.36 Å². The average molecular weight is 193 g/mol. The van der Waals surface area contributed by atoms with Crippen LogP contribution in [0.3, 0.4) is 0 Å². The van der Waals surface area contributed by atoms with Crippen molar-refractivity contribution in [1.82, 2.24) is 4.57 Å². The fraction of sp³-hybridized carbons (Fsp3) is 0.500. The maximum absolute atomic E-state index is 11.4. The highest BCUT2D eigenvalue weighted by Crippen LogP contribution is 2.18. The molecule has 0 fully saturated rings. The molecule has 2 heterocycles. The molecule has 0 aromatic carbocycles. The summed E-state index contributed by atoms with van der Waals surface area (Å²) in [6.45, 7) is 2.33. The second-order valence-electron chi connectivity index (χ2n) is 3.52. The summed E-state index contributed by atoms with van der Waals surface area (Å²) in [7, 11) is 0. The number of nitrogens with two attached hydrogens (primary N) is 1. The summed E-state index contributed by atoms with van der Waals surface area (Å²) in [5.41, 5.74) is 6.75. The van der Waals surface area contributed by atoms with Gasteiger partial charge in [0.25, 0.3) is 5.56 Å². The third-order valence-corrected chi connectivity index (χ3v) is 2.55. The Morgan fingerprint density at radius 3 is 3.14 bits per heavy atom. The number of fused-ring (bicyclic) bond motifs is 1. The lowest BCUT2D eigenvalue weighted by molar-refractivity contribution is 0.759. The molecule has 0 saturated carbocycles. The summed E-state index contributed by atoms with van der Waals surface area (Å²) in [5.74, 6) is 0.992. The maximum atomic E-state index is 11.4. The van der Waals surface area contributed by atoms with Crippen LogP contribution in [0.25, 0.3) is 0 Å². The Kier molecular flexibility index (Phi) is 2.54. The molecule has 1 aliphatic rings. The first-order valence-electron chi connectivity index (χ1n) is 4.99. The van der Waals surface area contributed by atoms with Crippen molar-refractivity contribution in [3.8, 4) is 0 Å². The summed E-state index contributed by atoms with van der Waals surface area (Å²) in [5, 5.41) is 3.24. The van der Waals surface area contributed by atoms with E-state index in [4.69, 9.17) is 5.73 Å². The normalized spacial score (nSPS) is 13.8. The van der Waals surface area contributed by atoms with E-state index in [0.717, 1.165) is 31.7 Å². The van der Waals surface area contributed by atoms with Crippen LogP contribution in [-0.2, 0) is 13.0 Å². The third kappa shape index (κ3) is 1.53. The Morgan fingerprint density at radius 1 is 1.50 bits per heavy atom. The minimum atomic E-state index is 0.0847. The van der Waals surface area contributed by atoms with E-state index in [1.54, 1.807) is 10.6 Å². The number of hydrogen-bond donors (Lipinski definition) is 2. The quantitative estimate of drug-likeness (QED) is 0.719. The van der Waals surface area contributed by atoms with Crippen molar-refractivity contribution in [1.29, 1.82) is 0 Å². The summed E-state index contributed by atoms with van der Waals surface area (Å²) >= 11 is 0. The molecule has 1 aromatic heterocycles. The van der Waals surface area contributed by atoms with E-state index < -0.39 is 0 Å². The van der Waals surface area contributed by atoms with Crippen molar-refractivity contribution < 1.29 is 0 Å². The van der Waals surface area contributed by atoms with Crippen LogP contribution in [0.1, 0.15) is 12.0 Å². The first kappa shape index (κ1) is 9.27. The lowest BCUT2D eigenvalue weighted by atomic mass is 10.1. The smallest absolute Gasteiger partial charge is 0.252 e. The molecule has 4 nitrogen and oxygen atoms in total. The third-order valence-electron chi connectivity index (χ3n) is 2.55. The lowest BCUT2D eigenvalue weighted by Crippen LogP contribution is -2.17. The van der Waals surface area contributed by atoms with Gasteiger partial charge in [0.05, 0.1) is 0 Å². The molecule has 0 aliphatic carbocycles. The predicted octanol–water partition coefficient (Wildman–Crippen LogP) is 0.165. The zero-order valence-electron chi connectivity index (χ0n) is 8.12. The van der Waals surface area contributed by atoms with Crippen molar-refractivity contribution >= 4 is 5.82 Å². The van der Waals surface area contributed by atoms with Gasteiger partial charge in [0.15, 0.2) is 0 Å². The predicted molar refractivity (Wildman–Crippen MR) is 56.6 cm³/mol. The molecule has 0 spiro atoms. The average Bonchev–Trinajstić information content (AvgIpc) is 2.66. The Balaban J connectivity index is 2.33. The Morgan fingerprint density at radius 2 is 2.36 bits per heavy atom. The van der Waals surface area contributed by atoms with E-state index in [2.05, 4.69) is 5.32 Å². The van der Waals surface area contributed by atoms with Crippen molar-refractivity contribution in [3.63, 3.8) is 0 Å². The molecule has 1 aliphatic heterocycles. The number of aromatic nitrogens is 1. The van der Waals surface area contributed by atoms with Crippen LogP contribution in [0.4, 0.5) is 5.82 Å². The highest BCUT2D eigenvalue weighted by molar-refractivity contribution is 5.47.